The quantitative estimate of drug-likeness (QED) is 0.429. The summed E-state index contributed by atoms with van der Waals surface area (Å²) in [5.41, 5.74) is 3.33. The molecule has 0 saturated carbocycles. The topological polar surface area (TPSA) is 38.5 Å². The van der Waals surface area contributed by atoms with Crippen LogP contribution in [0.3, 0.4) is 0 Å². The first-order chi connectivity index (χ1) is 13.8. The Morgan fingerprint density at radius 2 is 2.04 bits per heavy atom. The Kier molecular flexibility index (Phi) is 4.76. The van der Waals surface area contributed by atoms with Crippen molar-refractivity contribution in [1.29, 1.82) is 0 Å². The average molecular weight is 409 g/mol. The van der Waals surface area contributed by atoms with Crippen LogP contribution in [0.25, 0.3) is 11.3 Å². The standard InChI is InChI=1S/C22H20N2O2S2/c1-25-16-6-4-15(5-7-16)19-13-17(26-23-19)14-24-10-8-20-18(9-12-28-20)22(24)21-3-2-11-27-21/h2-7,9,11-13,22H,8,10,14H2,1H3. The molecule has 0 aliphatic carbocycles. The lowest BCUT2D eigenvalue weighted by molar-refractivity contribution is 0.185. The van der Waals surface area contributed by atoms with E-state index in [0.717, 1.165) is 42.3 Å². The van der Waals surface area contributed by atoms with Crippen LogP contribution < -0.4 is 4.74 Å². The van der Waals surface area contributed by atoms with Crippen LogP contribution in [0.2, 0.25) is 0 Å². The third-order valence-electron chi connectivity index (χ3n) is 5.18. The molecule has 1 unspecified atom stereocenters. The number of fused-ring (bicyclic) bond motifs is 1. The summed E-state index contributed by atoms with van der Waals surface area (Å²) >= 11 is 3.69. The van der Waals surface area contributed by atoms with Gasteiger partial charge in [-0.05, 0) is 59.1 Å². The second kappa shape index (κ2) is 7.54. The van der Waals surface area contributed by atoms with Crippen molar-refractivity contribution in [2.75, 3.05) is 13.7 Å². The van der Waals surface area contributed by atoms with E-state index in [2.05, 4.69) is 45.1 Å². The van der Waals surface area contributed by atoms with Gasteiger partial charge in [0.15, 0.2) is 5.76 Å². The van der Waals surface area contributed by atoms with Crippen molar-refractivity contribution in [1.82, 2.24) is 10.1 Å². The summed E-state index contributed by atoms with van der Waals surface area (Å²) < 4.78 is 10.9. The lowest BCUT2D eigenvalue weighted by Crippen LogP contribution is -2.34. The van der Waals surface area contributed by atoms with Crippen LogP contribution in [-0.2, 0) is 13.0 Å². The van der Waals surface area contributed by atoms with Crippen LogP contribution in [0.15, 0.2) is 63.8 Å². The van der Waals surface area contributed by atoms with Crippen LogP contribution in [0.1, 0.15) is 27.1 Å². The van der Waals surface area contributed by atoms with Gasteiger partial charge in [-0.15, -0.1) is 22.7 Å². The van der Waals surface area contributed by atoms with Gasteiger partial charge in [0.1, 0.15) is 11.4 Å². The van der Waals surface area contributed by atoms with Crippen LogP contribution in [0.5, 0.6) is 5.75 Å². The first-order valence-electron chi connectivity index (χ1n) is 9.25. The van der Waals surface area contributed by atoms with E-state index >= 15 is 0 Å². The number of hydrogen-bond donors (Lipinski definition) is 0. The van der Waals surface area contributed by atoms with Crippen molar-refractivity contribution < 1.29 is 9.26 Å². The molecule has 1 aromatic carbocycles. The summed E-state index contributed by atoms with van der Waals surface area (Å²) in [7, 11) is 1.67. The molecule has 142 valence electrons. The first-order valence-corrected chi connectivity index (χ1v) is 11.0. The molecule has 0 saturated heterocycles. The number of methoxy groups -OCH3 is 1. The van der Waals surface area contributed by atoms with Crippen LogP contribution in [-0.4, -0.2) is 23.7 Å². The van der Waals surface area contributed by atoms with Gasteiger partial charge in [0.05, 0.1) is 19.7 Å². The average Bonchev–Trinajstić information content (AvgIpc) is 3.49. The molecule has 4 aromatic rings. The van der Waals surface area contributed by atoms with Crippen molar-refractivity contribution in [3.05, 3.63) is 80.4 Å². The van der Waals surface area contributed by atoms with Crippen molar-refractivity contribution >= 4 is 22.7 Å². The lowest BCUT2D eigenvalue weighted by atomic mass is 9.98. The van der Waals surface area contributed by atoms with Crippen molar-refractivity contribution in [2.45, 2.75) is 19.0 Å². The molecule has 0 fully saturated rings. The highest BCUT2D eigenvalue weighted by atomic mass is 32.1. The highest BCUT2D eigenvalue weighted by Crippen LogP contribution is 2.40. The highest BCUT2D eigenvalue weighted by molar-refractivity contribution is 7.10. The van der Waals surface area contributed by atoms with Crippen molar-refractivity contribution in [3.8, 4) is 17.0 Å². The van der Waals surface area contributed by atoms with Gasteiger partial charge in [0.2, 0.25) is 0 Å². The molecule has 0 amide bonds. The number of thiophene rings is 2. The molecule has 0 N–H and O–H groups in total. The molecule has 4 heterocycles. The first kappa shape index (κ1) is 17.7. The van der Waals surface area contributed by atoms with E-state index in [0.29, 0.717) is 6.04 Å². The summed E-state index contributed by atoms with van der Waals surface area (Å²) in [5.74, 6) is 1.73. The van der Waals surface area contributed by atoms with E-state index in [1.807, 2.05) is 46.9 Å². The summed E-state index contributed by atoms with van der Waals surface area (Å²) in [6.45, 7) is 1.77. The molecule has 1 atom stereocenters. The van der Waals surface area contributed by atoms with Gasteiger partial charge in [0.25, 0.3) is 0 Å². The van der Waals surface area contributed by atoms with E-state index in [9.17, 15) is 0 Å². The number of rotatable bonds is 5. The van der Waals surface area contributed by atoms with Crippen LogP contribution >= 0.6 is 22.7 Å². The van der Waals surface area contributed by atoms with Gasteiger partial charge in [-0.1, -0.05) is 11.2 Å². The van der Waals surface area contributed by atoms with Crippen molar-refractivity contribution in [3.63, 3.8) is 0 Å². The zero-order chi connectivity index (χ0) is 18.9. The van der Waals surface area contributed by atoms with E-state index in [4.69, 9.17) is 9.26 Å². The number of nitrogens with zero attached hydrogens (tertiary/aromatic N) is 2. The predicted molar refractivity (Wildman–Crippen MR) is 113 cm³/mol. The summed E-state index contributed by atoms with van der Waals surface area (Å²) in [6.07, 6.45) is 1.09. The Labute approximate surface area is 172 Å². The molecule has 0 bridgehead atoms. The Bertz CT molecular complexity index is 1050. The van der Waals surface area contributed by atoms with Gasteiger partial charge in [0, 0.05) is 27.9 Å². The zero-order valence-electron chi connectivity index (χ0n) is 15.5. The SMILES string of the molecule is COc1ccc(-c2cc(CN3CCc4sccc4C3c3cccs3)on2)cc1. The van der Waals surface area contributed by atoms with Gasteiger partial charge in [-0.3, -0.25) is 4.90 Å². The molecule has 3 aromatic heterocycles. The monoisotopic (exact) mass is 408 g/mol. The van der Waals surface area contributed by atoms with Crippen LogP contribution in [0, 0.1) is 0 Å². The largest absolute Gasteiger partial charge is 0.497 e. The van der Waals surface area contributed by atoms with E-state index in [-0.39, 0.29) is 0 Å². The molecular weight excluding hydrogens is 388 g/mol. The van der Waals surface area contributed by atoms with E-state index in [1.165, 1.54) is 15.3 Å². The summed E-state index contributed by atoms with van der Waals surface area (Å²) in [4.78, 5) is 5.39. The molecule has 6 heteroatoms. The second-order valence-corrected chi connectivity index (χ2v) is 8.82. The minimum atomic E-state index is 0.296. The highest BCUT2D eigenvalue weighted by Gasteiger charge is 2.31. The van der Waals surface area contributed by atoms with E-state index < -0.39 is 0 Å². The molecule has 0 spiro atoms. The Morgan fingerprint density at radius 3 is 2.82 bits per heavy atom. The summed E-state index contributed by atoms with van der Waals surface area (Å²) in [5, 5.41) is 8.66. The van der Waals surface area contributed by atoms with Gasteiger partial charge < -0.3 is 9.26 Å². The van der Waals surface area contributed by atoms with Gasteiger partial charge in [-0.2, -0.15) is 0 Å². The maximum absolute atomic E-state index is 5.70. The third kappa shape index (κ3) is 3.28. The fraction of sp³-hybridized carbons (Fsp3) is 0.227. The zero-order valence-corrected chi connectivity index (χ0v) is 17.1. The molecule has 0 radical (unpaired) electrons. The number of hydrogen-bond acceptors (Lipinski definition) is 6. The van der Waals surface area contributed by atoms with Crippen LogP contribution in [0.4, 0.5) is 0 Å². The molecule has 28 heavy (non-hydrogen) atoms. The third-order valence-corrected chi connectivity index (χ3v) is 7.10. The molecule has 1 aliphatic heterocycles. The van der Waals surface area contributed by atoms with Gasteiger partial charge >= 0.3 is 0 Å². The maximum Gasteiger partial charge on any atom is 0.151 e. The van der Waals surface area contributed by atoms with Crippen molar-refractivity contribution in [2.24, 2.45) is 0 Å². The number of ether oxygens (including phenoxy) is 1. The molecule has 4 nitrogen and oxygen atoms in total. The predicted octanol–water partition coefficient (Wildman–Crippen LogP) is 5.62. The lowest BCUT2D eigenvalue weighted by Gasteiger charge is -2.34. The maximum atomic E-state index is 5.70. The smallest absolute Gasteiger partial charge is 0.151 e. The van der Waals surface area contributed by atoms with Gasteiger partial charge in [-0.25, -0.2) is 0 Å². The van der Waals surface area contributed by atoms with E-state index in [1.54, 1.807) is 7.11 Å². The molecule has 5 rings (SSSR count). The Hall–Kier alpha value is -2.41. The Morgan fingerprint density at radius 1 is 1.14 bits per heavy atom. The number of aromatic nitrogens is 1. The minimum absolute atomic E-state index is 0.296. The Balaban J connectivity index is 1.40. The number of benzene rings is 1. The fourth-order valence-electron chi connectivity index (χ4n) is 3.80. The normalized spacial score (nSPS) is 16.8. The molecular formula is C22H20N2O2S2. The second-order valence-electron chi connectivity index (χ2n) is 6.84. The fourth-order valence-corrected chi connectivity index (χ4v) is 5.58. The minimum Gasteiger partial charge on any atom is -0.497 e. The molecule has 1 aliphatic rings. The summed E-state index contributed by atoms with van der Waals surface area (Å²) in [6, 6.07) is 16.9.